The van der Waals surface area contributed by atoms with Gasteiger partial charge in [-0.1, -0.05) is 32.9 Å². The molecule has 2 rings (SSSR count). The first-order valence-corrected chi connectivity index (χ1v) is 14.2. The molecule has 0 bridgehead atoms. The number of carboxylic acids is 1. The van der Waals surface area contributed by atoms with Crippen molar-refractivity contribution in [2.24, 2.45) is 0 Å². The Balaban J connectivity index is 2.12. The highest BCUT2D eigenvalue weighted by Crippen LogP contribution is 2.41. The normalized spacial score (nSPS) is 30.9. The quantitative estimate of drug-likeness (QED) is 0.300. The van der Waals surface area contributed by atoms with Crippen molar-refractivity contribution in [2.45, 2.75) is 122 Å². The summed E-state index contributed by atoms with van der Waals surface area (Å²) in [5, 5.41) is 8.91. The van der Waals surface area contributed by atoms with Crippen molar-refractivity contribution >= 4 is 14.3 Å². The number of unbranched alkanes of at least 4 members (excludes halogenated alkanes) is 1. The molecule has 180 valence electrons. The van der Waals surface area contributed by atoms with Crippen LogP contribution in [0.1, 0.15) is 67.7 Å². The van der Waals surface area contributed by atoms with Crippen LogP contribution in [-0.4, -0.2) is 62.0 Å². The summed E-state index contributed by atoms with van der Waals surface area (Å²) in [6, 6.07) is 0. The van der Waals surface area contributed by atoms with Crippen molar-refractivity contribution in [3.63, 3.8) is 0 Å². The summed E-state index contributed by atoms with van der Waals surface area (Å²) in [5.41, 5.74) is 0. The van der Waals surface area contributed by atoms with E-state index in [1.165, 1.54) is 0 Å². The predicted molar refractivity (Wildman–Crippen MR) is 121 cm³/mol. The smallest absolute Gasteiger partial charge is 0.303 e. The molecule has 2 saturated heterocycles. The van der Waals surface area contributed by atoms with Crippen LogP contribution in [0.25, 0.3) is 0 Å². The van der Waals surface area contributed by atoms with Crippen LogP contribution in [0.4, 0.5) is 0 Å². The molecule has 0 radical (unpaired) electrons. The predicted octanol–water partition coefficient (Wildman–Crippen LogP) is 4.86. The summed E-state index contributed by atoms with van der Waals surface area (Å²) in [7, 11) is -1.94. The summed E-state index contributed by atoms with van der Waals surface area (Å²) in [6.07, 6.45) is 4.08. The Labute approximate surface area is 188 Å². The van der Waals surface area contributed by atoms with Gasteiger partial charge >= 0.3 is 5.97 Å². The maximum Gasteiger partial charge on any atom is 0.303 e. The van der Waals surface area contributed by atoms with E-state index in [-0.39, 0.29) is 35.9 Å². The van der Waals surface area contributed by atoms with Gasteiger partial charge in [0.15, 0.2) is 19.9 Å². The van der Waals surface area contributed by atoms with E-state index in [1.54, 1.807) is 0 Å². The molecule has 2 aliphatic rings. The van der Waals surface area contributed by atoms with E-state index < -0.39 is 25.9 Å². The molecule has 2 aliphatic heterocycles. The topological polar surface area (TPSA) is 83.5 Å². The fourth-order valence-electron chi connectivity index (χ4n) is 3.60. The standard InChI is InChI=1S/C23H42O7Si/c1-21(2,3)31(8,9)26-15-17-20(30-23(6,7)28-17)19-16(27-22(4,5)29-19)13-11-10-12-14-18(24)25/h11,13,16-17,19-20H,10,12,14-15H2,1-9H3,(H,24,25)/b13-11-/t16-,17+,19+,20-/m0/s1. The van der Waals surface area contributed by atoms with Gasteiger partial charge in [-0.3, -0.25) is 4.79 Å². The van der Waals surface area contributed by atoms with E-state index in [0.717, 1.165) is 0 Å². The number of rotatable bonds is 9. The second-order valence-electron chi connectivity index (χ2n) is 11.0. The Kier molecular flexibility index (Phi) is 8.21. The van der Waals surface area contributed by atoms with Gasteiger partial charge in [0.05, 0.1) is 6.61 Å². The van der Waals surface area contributed by atoms with Crippen molar-refractivity contribution in [3.05, 3.63) is 12.2 Å². The van der Waals surface area contributed by atoms with E-state index in [0.29, 0.717) is 19.4 Å². The first-order chi connectivity index (χ1) is 14.0. The highest BCUT2D eigenvalue weighted by molar-refractivity contribution is 6.74. The first kappa shape index (κ1) is 26.5. The number of hydrogen-bond acceptors (Lipinski definition) is 6. The molecule has 2 fully saturated rings. The highest BCUT2D eigenvalue weighted by Gasteiger charge is 2.53. The van der Waals surface area contributed by atoms with Crippen LogP contribution >= 0.6 is 0 Å². The molecule has 7 nitrogen and oxygen atoms in total. The molecular formula is C23H42O7Si. The monoisotopic (exact) mass is 458 g/mol. The van der Waals surface area contributed by atoms with Crippen LogP contribution < -0.4 is 0 Å². The van der Waals surface area contributed by atoms with Crippen molar-refractivity contribution in [2.75, 3.05) is 6.61 Å². The summed E-state index contributed by atoms with van der Waals surface area (Å²) in [4.78, 5) is 10.7. The van der Waals surface area contributed by atoms with Gasteiger partial charge in [-0.25, -0.2) is 0 Å². The number of carboxylic acid groups (broad SMARTS) is 1. The van der Waals surface area contributed by atoms with E-state index >= 15 is 0 Å². The average molecular weight is 459 g/mol. The summed E-state index contributed by atoms with van der Waals surface area (Å²) in [6.45, 7) is 19.1. The van der Waals surface area contributed by atoms with Crippen molar-refractivity contribution < 1.29 is 33.3 Å². The van der Waals surface area contributed by atoms with Crippen LogP contribution in [0.3, 0.4) is 0 Å². The van der Waals surface area contributed by atoms with Crippen molar-refractivity contribution in [1.82, 2.24) is 0 Å². The molecule has 0 saturated carbocycles. The zero-order valence-electron chi connectivity index (χ0n) is 20.7. The van der Waals surface area contributed by atoms with Gasteiger partial charge in [0.25, 0.3) is 0 Å². The molecule has 0 aromatic rings. The summed E-state index contributed by atoms with van der Waals surface area (Å²) >= 11 is 0. The fraction of sp³-hybridized carbons (Fsp3) is 0.870. The fourth-order valence-corrected chi connectivity index (χ4v) is 4.61. The zero-order chi connectivity index (χ0) is 23.7. The van der Waals surface area contributed by atoms with Crippen molar-refractivity contribution in [3.8, 4) is 0 Å². The Morgan fingerprint density at radius 1 is 1.03 bits per heavy atom. The van der Waals surface area contributed by atoms with Gasteiger partial charge < -0.3 is 28.5 Å². The van der Waals surface area contributed by atoms with E-state index in [1.807, 2.05) is 39.8 Å². The van der Waals surface area contributed by atoms with Crippen molar-refractivity contribution in [1.29, 1.82) is 0 Å². The Morgan fingerprint density at radius 3 is 2.19 bits per heavy atom. The largest absolute Gasteiger partial charge is 0.481 e. The average Bonchev–Trinajstić information content (AvgIpc) is 3.06. The van der Waals surface area contributed by atoms with Crippen LogP contribution in [0.5, 0.6) is 0 Å². The van der Waals surface area contributed by atoms with Gasteiger partial charge in [-0.15, -0.1) is 0 Å². The lowest BCUT2D eigenvalue weighted by molar-refractivity contribution is -0.175. The second kappa shape index (κ2) is 9.61. The molecule has 2 heterocycles. The van der Waals surface area contributed by atoms with Gasteiger partial charge in [-0.2, -0.15) is 0 Å². The lowest BCUT2D eigenvalue weighted by atomic mass is 10.0. The molecule has 0 spiro atoms. The lowest BCUT2D eigenvalue weighted by Crippen LogP contribution is -2.47. The third-order valence-corrected chi connectivity index (χ3v) is 10.7. The van der Waals surface area contributed by atoms with Crippen LogP contribution in [0, 0.1) is 0 Å². The Morgan fingerprint density at radius 2 is 1.61 bits per heavy atom. The lowest BCUT2D eigenvalue weighted by Gasteiger charge is -2.37. The summed E-state index contributed by atoms with van der Waals surface area (Å²) in [5.74, 6) is -2.27. The van der Waals surface area contributed by atoms with E-state index in [9.17, 15) is 4.79 Å². The molecular weight excluding hydrogens is 416 g/mol. The third-order valence-electron chi connectivity index (χ3n) is 6.21. The van der Waals surface area contributed by atoms with Gasteiger partial charge in [0.2, 0.25) is 0 Å². The molecule has 31 heavy (non-hydrogen) atoms. The van der Waals surface area contributed by atoms with Crippen LogP contribution in [0.15, 0.2) is 12.2 Å². The molecule has 8 heteroatoms. The van der Waals surface area contributed by atoms with Gasteiger partial charge in [0, 0.05) is 6.42 Å². The SMILES string of the molecule is CC1(C)O[C@@H]([C@H]2OC(C)(C)O[C@@H]2CO[Si](C)(C)C(C)(C)C)[C@H](/C=C\CCCC(=O)O)O1. The molecule has 0 aliphatic carbocycles. The second-order valence-corrected chi connectivity index (χ2v) is 15.8. The maximum atomic E-state index is 10.7. The number of ether oxygens (including phenoxy) is 4. The highest BCUT2D eigenvalue weighted by atomic mass is 28.4. The molecule has 0 aromatic heterocycles. The number of aliphatic carboxylic acids is 1. The zero-order valence-corrected chi connectivity index (χ0v) is 21.7. The molecule has 1 N–H and O–H groups in total. The number of carbonyl (C=O) groups is 1. The minimum absolute atomic E-state index is 0.105. The molecule has 0 aromatic carbocycles. The van der Waals surface area contributed by atoms with E-state index in [2.05, 4.69) is 33.9 Å². The van der Waals surface area contributed by atoms with Crippen LogP contribution in [0.2, 0.25) is 18.1 Å². The molecule has 0 amide bonds. The first-order valence-electron chi connectivity index (χ1n) is 11.3. The molecule has 4 atom stereocenters. The Bertz CT molecular complexity index is 651. The van der Waals surface area contributed by atoms with Gasteiger partial charge in [-0.05, 0) is 58.7 Å². The van der Waals surface area contributed by atoms with E-state index in [4.69, 9.17) is 28.5 Å². The Hall–Kier alpha value is -0.773. The maximum absolute atomic E-state index is 10.7. The third kappa shape index (κ3) is 7.37. The summed E-state index contributed by atoms with van der Waals surface area (Å²) < 4.78 is 31.3. The minimum Gasteiger partial charge on any atom is -0.481 e. The number of allylic oxidation sites excluding steroid dienone is 1. The van der Waals surface area contributed by atoms with Gasteiger partial charge in [0.1, 0.15) is 24.4 Å². The molecule has 0 unspecified atom stereocenters. The van der Waals surface area contributed by atoms with Crippen LogP contribution in [-0.2, 0) is 28.2 Å². The minimum atomic E-state index is -1.94. The number of hydrogen-bond donors (Lipinski definition) is 1.